The molecule has 0 unspecified atom stereocenters. The molecule has 3 heteroatoms. The van der Waals surface area contributed by atoms with E-state index in [2.05, 4.69) is 13.8 Å². The van der Waals surface area contributed by atoms with Crippen LogP contribution in [0.3, 0.4) is 0 Å². The summed E-state index contributed by atoms with van der Waals surface area (Å²) in [7, 11) is 0. The number of ether oxygens (including phenoxy) is 2. The smallest absolute Gasteiger partial charge is 0.180 e. The van der Waals surface area contributed by atoms with Crippen molar-refractivity contribution in [2.24, 2.45) is 0 Å². The van der Waals surface area contributed by atoms with E-state index in [0.717, 1.165) is 29.4 Å². The second-order valence-electron chi connectivity index (χ2n) is 4.43. The maximum atomic E-state index is 6.32. The van der Waals surface area contributed by atoms with E-state index in [4.69, 9.17) is 21.1 Å². The highest BCUT2D eigenvalue weighted by Crippen LogP contribution is 2.41. The molecule has 0 bridgehead atoms. The van der Waals surface area contributed by atoms with E-state index in [1.807, 2.05) is 30.3 Å². The summed E-state index contributed by atoms with van der Waals surface area (Å²) in [4.78, 5) is 0. The first-order valence-electron chi connectivity index (χ1n) is 6.74. The second kappa shape index (κ2) is 6.67. The molecule has 2 nitrogen and oxygen atoms in total. The quantitative estimate of drug-likeness (QED) is 0.734. The predicted octanol–water partition coefficient (Wildman–Crippen LogP) is 5.07. The molecule has 2 rings (SSSR count). The van der Waals surface area contributed by atoms with Crippen LogP contribution in [0.5, 0.6) is 11.5 Å². The van der Waals surface area contributed by atoms with Gasteiger partial charge < -0.3 is 9.47 Å². The van der Waals surface area contributed by atoms with Crippen molar-refractivity contribution in [3.63, 3.8) is 0 Å². The van der Waals surface area contributed by atoms with E-state index in [1.165, 1.54) is 0 Å². The maximum absolute atomic E-state index is 6.32. The Balaban J connectivity index is 2.52. The van der Waals surface area contributed by atoms with Gasteiger partial charge in [0.2, 0.25) is 0 Å². The molecule has 0 aliphatic rings. The average molecular weight is 279 g/mol. The molecule has 0 fully saturated rings. The van der Waals surface area contributed by atoms with E-state index < -0.39 is 0 Å². The van der Waals surface area contributed by atoms with Crippen LogP contribution in [0.2, 0.25) is 5.02 Å². The van der Waals surface area contributed by atoms with Crippen LogP contribution in [0.4, 0.5) is 0 Å². The molecule has 0 saturated heterocycles. The third-order valence-corrected chi connectivity index (χ3v) is 3.09. The van der Waals surface area contributed by atoms with Gasteiger partial charge in [-0.1, -0.05) is 49.7 Å². The number of fused-ring (bicyclic) bond motifs is 1. The van der Waals surface area contributed by atoms with Gasteiger partial charge in [-0.3, -0.25) is 0 Å². The molecule has 102 valence electrons. The fraction of sp³-hybridized carbons (Fsp3) is 0.375. The first-order valence-corrected chi connectivity index (χ1v) is 7.12. The molecule has 0 aromatic heterocycles. The Hall–Kier alpha value is -1.41. The molecule has 0 radical (unpaired) electrons. The monoisotopic (exact) mass is 278 g/mol. The summed E-state index contributed by atoms with van der Waals surface area (Å²) in [5, 5.41) is 2.73. The minimum Gasteiger partial charge on any atom is -0.489 e. The van der Waals surface area contributed by atoms with E-state index in [1.54, 1.807) is 0 Å². The van der Waals surface area contributed by atoms with Gasteiger partial charge >= 0.3 is 0 Å². The van der Waals surface area contributed by atoms with E-state index >= 15 is 0 Å². The molecule has 2 aromatic rings. The molecule has 0 aliphatic heterocycles. The van der Waals surface area contributed by atoms with E-state index in [-0.39, 0.29) is 0 Å². The largest absolute Gasteiger partial charge is 0.489 e. The summed E-state index contributed by atoms with van der Waals surface area (Å²) in [6.07, 6.45) is 1.89. The van der Waals surface area contributed by atoms with Gasteiger partial charge in [0.1, 0.15) is 0 Å². The van der Waals surface area contributed by atoms with Gasteiger partial charge in [0.05, 0.1) is 18.2 Å². The lowest BCUT2D eigenvalue weighted by atomic mass is 10.1. The lowest BCUT2D eigenvalue weighted by molar-refractivity contribution is 0.271. The van der Waals surface area contributed by atoms with Crippen molar-refractivity contribution >= 4 is 22.4 Å². The number of hydrogen-bond donors (Lipinski definition) is 0. The fourth-order valence-corrected chi connectivity index (χ4v) is 2.21. The Morgan fingerprint density at radius 3 is 2.26 bits per heavy atom. The highest BCUT2D eigenvalue weighted by atomic mass is 35.5. The van der Waals surface area contributed by atoms with Gasteiger partial charge in [-0.25, -0.2) is 0 Å². The normalized spacial score (nSPS) is 10.7. The Morgan fingerprint density at radius 1 is 0.947 bits per heavy atom. The van der Waals surface area contributed by atoms with Crippen LogP contribution >= 0.6 is 11.6 Å². The Labute approximate surface area is 119 Å². The minimum atomic E-state index is 0.609. The van der Waals surface area contributed by atoms with Gasteiger partial charge in [0.15, 0.2) is 11.5 Å². The number of hydrogen-bond acceptors (Lipinski definition) is 2. The zero-order chi connectivity index (χ0) is 13.7. The van der Waals surface area contributed by atoms with Crippen LogP contribution in [0.1, 0.15) is 26.7 Å². The van der Waals surface area contributed by atoms with Crippen molar-refractivity contribution in [3.05, 3.63) is 35.4 Å². The molecular weight excluding hydrogens is 260 g/mol. The average Bonchev–Trinajstić information content (AvgIpc) is 2.43. The van der Waals surface area contributed by atoms with Gasteiger partial charge in [-0.2, -0.15) is 0 Å². The van der Waals surface area contributed by atoms with Crippen LogP contribution < -0.4 is 9.47 Å². The van der Waals surface area contributed by atoms with Crippen molar-refractivity contribution in [2.45, 2.75) is 26.7 Å². The third kappa shape index (κ3) is 3.13. The summed E-state index contributed by atoms with van der Waals surface area (Å²) in [5.74, 6) is 1.43. The highest BCUT2D eigenvalue weighted by molar-refractivity contribution is 6.33. The molecular formula is C16H19ClO2. The van der Waals surface area contributed by atoms with Gasteiger partial charge in [-0.05, 0) is 24.3 Å². The summed E-state index contributed by atoms with van der Waals surface area (Å²) in [5.41, 5.74) is 0. The zero-order valence-corrected chi connectivity index (χ0v) is 12.2. The van der Waals surface area contributed by atoms with Gasteiger partial charge in [0, 0.05) is 5.39 Å². The predicted molar refractivity (Wildman–Crippen MR) is 80.5 cm³/mol. The molecule has 0 atom stereocenters. The van der Waals surface area contributed by atoms with Crippen molar-refractivity contribution in [1.82, 2.24) is 0 Å². The molecule has 0 N–H and O–H groups in total. The summed E-state index contributed by atoms with van der Waals surface area (Å²) < 4.78 is 11.6. The number of benzene rings is 2. The van der Waals surface area contributed by atoms with Crippen molar-refractivity contribution in [1.29, 1.82) is 0 Å². The Bertz CT molecular complexity index is 552. The number of rotatable bonds is 6. The Kier molecular flexibility index (Phi) is 4.92. The fourth-order valence-electron chi connectivity index (χ4n) is 1.95. The van der Waals surface area contributed by atoms with E-state index in [0.29, 0.717) is 24.0 Å². The first kappa shape index (κ1) is 14.0. The SMILES string of the molecule is CCCOc1c(Cl)cc2ccccc2c1OCCC. The number of halogens is 1. The van der Waals surface area contributed by atoms with Crippen LogP contribution in [-0.4, -0.2) is 13.2 Å². The minimum absolute atomic E-state index is 0.609. The second-order valence-corrected chi connectivity index (χ2v) is 4.84. The first-order chi connectivity index (χ1) is 9.27. The lowest BCUT2D eigenvalue weighted by Crippen LogP contribution is -2.02. The topological polar surface area (TPSA) is 18.5 Å². The van der Waals surface area contributed by atoms with E-state index in [9.17, 15) is 0 Å². The van der Waals surface area contributed by atoms with Crippen molar-refractivity contribution in [2.75, 3.05) is 13.2 Å². The molecule has 19 heavy (non-hydrogen) atoms. The maximum Gasteiger partial charge on any atom is 0.180 e. The molecule has 0 heterocycles. The highest BCUT2D eigenvalue weighted by Gasteiger charge is 2.14. The van der Waals surface area contributed by atoms with Crippen molar-refractivity contribution < 1.29 is 9.47 Å². The van der Waals surface area contributed by atoms with Crippen LogP contribution in [-0.2, 0) is 0 Å². The summed E-state index contributed by atoms with van der Waals surface area (Å²) in [6, 6.07) is 9.99. The molecule has 0 spiro atoms. The van der Waals surface area contributed by atoms with Gasteiger partial charge in [-0.15, -0.1) is 0 Å². The standard InChI is InChI=1S/C16H19ClO2/c1-3-9-18-15-13-8-6-5-7-12(13)11-14(17)16(15)19-10-4-2/h5-8,11H,3-4,9-10H2,1-2H3. The van der Waals surface area contributed by atoms with Crippen LogP contribution in [0.15, 0.2) is 30.3 Å². The lowest BCUT2D eigenvalue weighted by Gasteiger charge is -2.16. The van der Waals surface area contributed by atoms with Crippen LogP contribution in [0, 0.1) is 0 Å². The molecule has 0 saturated carbocycles. The zero-order valence-electron chi connectivity index (χ0n) is 11.4. The Morgan fingerprint density at radius 2 is 1.58 bits per heavy atom. The summed E-state index contributed by atoms with van der Waals surface area (Å²) >= 11 is 6.32. The third-order valence-electron chi connectivity index (χ3n) is 2.81. The van der Waals surface area contributed by atoms with Crippen LogP contribution in [0.25, 0.3) is 10.8 Å². The molecule has 2 aromatic carbocycles. The molecule has 0 amide bonds. The van der Waals surface area contributed by atoms with Crippen molar-refractivity contribution in [3.8, 4) is 11.5 Å². The van der Waals surface area contributed by atoms with Gasteiger partial charge in [0.25, 0.3) is 0 Å². The summed E-state index contributed by atoms with van der Waals surface area (Å²) in [6.45, 7) is 5.45. The molecule has 0 aliphatic carbocycles.